The lowest BCUT2D eigenvalue weighted by Gasteiger charge is -2.03. The second kappa shape index (κ2) is 8.61. The van der Waals surface area contributed by atoms with Crippen LogP contribution in [0.3, 0.4) is 0 Å². The topological polar surface area (TPSA) is 117 Å². The Balaban J connectivity index is 1.47. The summed E-state index contributed by atoms with van der Waals surface area (Å²) in [4.78, 5) is 27.9. The van der Waals surface area contributed by atoms with E-state index in [-0.39, 0.29) is 29.8 Å². The van der Waals surface area contributed by atoms with E-state index in [1.165, 1.54) is 0 Å². The van der Waals surface area contributed by atoms with Crippen LogP contribution in [0.25, 0.3) is 0 Å². The number of nitrogens with one attached hydrogen (secondary N) is 2. The van der Waals surface area contributed by atoms with Crippen molar-refractivity contribution in [2.75, 3.05) is 11.9 Å². The number of carbonyl (C=O) groups is 2. The van der Waals surface area contributed by atoms with Crippen LogP contribution in [-0.2, 0) is 17.6 Å². The highest BCUT2D eigenvalue weighted by molar-refractivity contribution is 5.92. The molecule has 0 saturated carbocycles. The molecule has 0 aliphatic rings. The van der Waals surface area contributed by atoms with Crippen LogP contribution in [0, 0.1) is 0 Å². The minimum atomic E-state index is -0.504. The van der Waals surface area contributed by atoms with Crippen molar-refractivity contribution in [2.45, 2.75) is 12.8 Å². The molecular weight excluding hydrogens is 348 g/mol. The Labute approximate surface area is 155 Å². The van der Waals surface area contributed by atoms with Gasteiger partial charge in [0.05, 0.1) is 6.42 Å². The van der Waals surface area contributed by atoms with Crippen LogP contribution >= 0.6 is 0 Å². The molecule has 0 fully saturated rings. The second-order valence-electron chi connectivity index (χ2n) is 5.78. The first-order chi connectivity index (χ1) is 13.1. The van der Waals surface area contributed by atoms with Crippen LogP contribution in [-0.4, -0.2) is 33.6 Å². The minimum Gasteiger partial charge on any atom is -0.508 e. The first-order valence-electron chi connectivity index (χ1n) is 8.34. The summed E-state index contributed by atoms with van der Waals surface area (Å²) in [6.07, 6.45) is 0.492. The number of amides is 2. The Bertz CT molecular complexity index is 907. The zero-order valence-electron chi connectivity index (χ0n) is 14.4. The van der Waals surface area contributed by atoms with E-state index >= 15 is 0 Å². The molecule has 8 nitrogen and oxygen atoms in total. The van der Waals surface area contributed by atoms with E-state index in [0.29, 0.717) is 18.7 Å². The zero-order chi connectivity index (χ0) is 19.1. The van der Waals surface area contributed by atoms with E-state index in [2.05, 4.69) is 20.8 Å². The highest BCUT2D eigenvalue weighted by atomic mass is 16.5. The van der Waals surface area contributed by atoms with Crippen molar-refractivity contribution in [3.8, 4) is 5.75 Å². The lowest BCUT2D eigenvalue weighted by molar-refractivity contribution is -0.115. The van der Waals surface area contributed by atoms with Gasteiger partial charge in [0.15, 0.2) is 5.82 Å². The van der Waals surface area contributed by atoms with Gasteiger partial charge in [0.2, 0.25) is 5.91 Å². The summed E-state index contributed by atoms with van der Waals surface area (Å²) in [6.45, 7) is 0.371. The zero-order valence-corrected chi connectivity index (χ0v) is 14.4. The Hall–Kier alpha value is -3.68. The quantitative estimate of drug-likeness (QED) is 0.588. The van der Waals surface area contributed by atoms with E-state index in [9.17, 15) is 14.7 Å². The molecule has 1 aromatic heterocycles. The van der Waals surface area contributed by atoms with Crippen molar-refractivity contribution >= 4 is 17.5 Å². The third kappa shape index (κ3) is 5.40. The Kier molecular flexibility index (Phi) is 5.78. The predicted octanol–water partition coefficient (Wildman–Crippen LogP) is 1.93. The van der Waals surface area contributed by atoms with Crippen molar-refractivity contribution < 1.29 is 19.2 Å². The number of nitrogens with zero attached hydrogens (tertiary/aromatic N) is 2. The van der Waals surface area contributed by atoms with Gasteiger partial charge in [-0.1, -0.05) is 35.5 Å². The molecule has 0 bridgehead atoms. The number of benzene rings is 2. The highest BCUT2D eigenvalue weighted by Crippen LogP contribution is 2.10. The van der Waals surface area contributed by atoms with Crippen LogP contribution in [0.1, 0.15) is 22.1 Å². The van der Waals surface area contributed by atoms with Crippen molar-refractivity contribution in [3.63, 3.8) is 0 Å². The van der Waals surface area contributed by atoms with Gasteiger partial charge in [0, 0.05) is 12.2 Å². The fourth-order valence-electron chi connectivity index (χ4n) is 2.35. The lowest BCUT2D eigenvalue weighted by Crippen LogP contribution is -2.26. The van der Waals surface area contributed by atoms with E-state index in [1.54, 1.807) is 36.4 Å². The Morgan fingerprint density at radius 1 is 1.04 bits per heavy atom. The number of hydrogen-bond donors (Lipinski definition) is 3. The minimum absolute atomic E-state index is 0.0980. The average Bonchev–Trinajstić information content (AvgIpc) is 3.12. The first kappa shape index (κ1) is 18.1. The molecule has 0 atom stereocenters. The molecule has 0 aliphatic carbocycles. The number of phenolic OH excluding ortho intramolecular Hbond substituents is 1. The SMILES string of the molecule is O=C(Cc1noc(C(=O)NCCc2ccc(O)cc2)n1)Nc1ccccc1. The van der Waals surface area contributed by atoms with Crippen LogP contribution in [0.4, 0.5) is 5.69 Å². The molecule has 0 aliphatic heterocycles. The molecule has 0 saturated heterocycles. The maximum atomic E-state index is 12.0. The molecule has 3 N–H and O–H groups in total. The van der Waals surface area contributed by atoms with Crippen LogP contribution in [0.2, 0.25) is 0 Å². The van der Waals surface area contributed by atoms with Gasteiger partial charge in [-0.2, -0.15) is 4.98 Å². The van der Waals surface area contributed by atoms with Gasteiger partial charge in [0.1, 0.15) is 5.75 Å². The normalized spacial score (nSPS) is 10.4. The van der Waals surface area contributed by atoms with E-state index in [4.69, 9.17) is 4.52 Å². The molecule has 27 heavy (non-hydrogen) atoms. The van der Waals surface area contributed by atoms with Crippen molar-refractivity contribution in [1.29, 1.82) is 0 Å². The summed E-state index contributed by atoms with van der Waals surface area (Å²) in [5.74, 6) is -0.676. The van der Waals surface area contributed by atoms with E-state index in [1.807, 2.05) is 18.2 Å². The smallest absolute Gasteiger partial charge is 0.315 e. The maximum Gasteiger partial charge on any atom is 0.315 e. The fourth-order valence-corrected chi connectivity index (χ4v) is 2.35. The molecule has 3 rings (SSSR count). The van der Waals surface area contributed by atoms with Gasteiger partial charge >= 0.3 is 11.8 Å². The van der Waals surface area contributed by atoms with Gasteiger partial charge in [-0.3, -0.25) is 9.59 Å². The van der Waals surface area contributed by atoms with Gasteiger partial charge in [-0.05, 0) is 36.2 Å². The monoisotopic (exact) mass is 366 g/mol. The summed E-state index contributed by atoms with van der Waals surface area (Å²) in [7, 11) is 0. The Morgan fingerprint density at radius 3 is 2.52 bits per heavy atom. The number of carbonyl (C=O) groups excluding carboxylic acids is 2. The van der Waals surface area contributed by atoms with Gasteiger partial charge in [-0.25, -0.2) is 0 Å². The summed E-state index contributed by atoms with van der Waals surface area (Å²) < 4.78 is 4.91. The van der Waals surface area contributed by atoms with Crippen molar-refractivity contribution in [2.24, 2.45) is 0 Å². The number of rotatable bonds is 7. The highest BCUT2D eigenvalue weighted by Gasteiger charge is 2.16. The number of aromatic hydroxyl groups is 1. The molecule has 138 valence electrons. The molecule has 1 heterocycles. The summed E-state index contributed by atoms with van der Waals surface area (Å²) in [6, 6.07) is 15.7. The van der Waals surface area contributed by atoms with Gasteiger partial charge < -0.3 is 20.3 Å². The van der Waals surface area contributed by atoms with E-state index in [0.717, 1.165) is 5.56 Å². The molecule has 0 unspecified atom stereocenters. The lowest BCUT2D eigenvalue weighted by atomic mass is 10.1. The van der Waals surface area contributed by atoms with Crippen LogP contribution in [0.15, 0.2) is 59.1 Å². The first-order valence-corrected chi connectivity index (χ1v) is 8.34. The van der Waals surface area contributed by atoms with Crippen molar-refractivity contribution in [3.05, 3.63) is 71.9 Å². The number of aromatic nitrogens is 2. The van der Waals surface area contributed by atoms with Crippen molar-refractivity contribution in [1.82, 2.24) is 15.5 Å². The molecule has 0 radical (unpaired) electrons. The number of anilines is 1. The molecule has 8 heteroatoms. The predicted molar refractivity (Wildman–Crippen MR) is 97.2 cm³/mol. The summed E-state index contributed by atoms with van der Waals surface area (Å²) in [5, 5.41) is 18.3. The molecule has 3 aromatic rings. The molecule has 2 amide bonds. The van der Waals surface area contributed by atoms with Gasteiger partial charge in [-0.15, -0.1) is 0 Å². The molecule has 2 aromatic carbocycles. The third-order valence-electron chi connectivity index (χ3n) is 3.67. The third-order valence-corrected chi connectivity index (χ3v) is 3.67. The average molecular weight is 366 g/mol. The maximum absolute atomic E-state index is 12.0. The number of hydrogen-bond acceptors (Lipinski definition) is 6. The second-order valence-corrected chi connectivity index (χ2v) is 5.78. The summed E-state index contributed by atoms with van der Waals surface area (Å²) >= 11 is 0. The van der Waals surface area contributed by atoms with Crippen LogP contribution in [0.5, 0.6) is 5.75 Å². The Morgan fingerprint density at radius 2 is 1.78 bits per heavy atom. The fraction of sp³-hybridized carbons (Fsp3) is 0.158. The van der Waals surface area contributed by atoms with Crippen LogP contribution < -0.4 is 10.6 Å². The van der Waals surface area contributed by atoms with Gasteiger partial charge in [0.25, 0.3) is 0 Å². The molecular formula is C19H18N4O4. The number of para-hydroxylation sites is 1. The standard InChI is InChI=1S/C19H18N4O4/c24-15-8-6-13(7-9-15)10-11-20-18(26)19-22-16(23-27-19)12-17(25)21-14-4-2-1-3-5-14/h1-9,24H,10-12H2,(H,20,26)(H,21,25). The largest absolute Gasteiger partial charge is 0.508 e. The van der Waals surface area contributed by atoms with E-state index < -0.39 is 5.91 Å². The molecule has 0 spiro atoms. The number of phenols is 1. The summed E-state index contributed by atoms with van der Waals surface area (Å²) in [5.41, 5.74) is 1.63.